The fraction of sp³-hybridized carbons (Fsp3) is 0.478. The van der Waals surface area contributed by atoms with Crippen LogP contribution in [0.25, 0.3) is 0 Å². The van der Waals surface area contributed by atoms with Gasteiger partial charge in [-0.1, -0.05) is 30.9 Å². The summed E-state index contributed by atoms with van der Waals surface area (Å²) in [6.45, 7) is 3.26. The summed E-state index contributed by atoms with van der Waals surface area (Å²) in [5.74, 6) is 1.09. The third-order valence-corrected chi connectivity index (χ3v) is 6.42. The summed E-state index contributed by atoms with van der Waals surface area (Å²) < 4.78 is 0. The van der Waals surface area contributed by atoms with Crippen LogP contribution in [0.1, 0.15) is 66.3 Å². The SMILES string of the molecule is Cc1nc([C@H]2CCN(C(=O)C3CCCCC3)C2)ncc1C(=O)Nc1ccc(Cl)cc1. The smallest absolute Gasteiger partial charge is 0.259 e. The molecule has 1 aromatic heterocycles. The van der Waals surface area contributed by atoms with E-state index in [4.69, 9.17) is 11.6 Å². The number of carbonyl (C=O) groups excluding carboxylic acids is 2. The molecule has 1 N–H and O–H groups in total. The van der Waals surface area contributed by atoms with Crippen LogP contribution in [0.15, 0.2) is 30.5 Å². The number of amides is 2. The van der Waals surface area contributed by atoms with Crippen LogP contribution >= 0.6 is 11.6 Å². The number of benzene rings is 1. The summed E-state index contributed by atoms with van der Waals surface area (Å²) in [5, 5.41) is 3.46. The van der Waals surface area contributed by atoms with Crippen molar-refractivity contribution in [3.05, 3.63) is 52.6 Å². The molecule has 0 spiro atoms. The number of carbonyl (C=O) groups is 2. The van der Waals surface area contributed by atoms with E-state index in [1.807, 2.05) is 11.8 Å². The largest absolute Gasteiger partial charge is 0.342 e. The number of nitrogens with zero attached hydrogens (tertiary/aromatic N) is 3. The van der Waals surface area contributed by atoms with E-state index in [9.17, 15) is 9.59 Å². The molecule has 2 amide bonds. The van der Waals surface area contributed by atoms with Crippen LogP contribution in [0, 0.1) is 12.8 Å². The van der Waals surface area contributed by atoms with E-state index in [1.165, 1.54) is 6.42 Å². The Morgan fingerprint density at radius 3 is 2.53 bits per heavy atom. The molecule has 0 radical (unpaired) electrons. The number of hydrogen-bond donors (Lipinski definition) is 1. The van der Waals surface area contributed by atoms with Gasteiger partial charge < -0.3 is 10.2 Å². The van der Waals surface area contributed by atoms with Gasteiger partial charge in [0, 0.05) is 41.8 Å². The lowest BCUT2D eigenvalue weighted by molar-refractivity contribution is -0.135. The Morgan fingerprint density at radius 1 is 1.10 bits per heavy atom. The second kappa shape index (κ2) is 9.13. The van der Waals surface area contributed by atoms with Gasteiger partial charge in [0.15, 0.2) is 0 Å². The third-order valence-electron chi connectivity index (χ3n) is 6.16. The van der Waals surface area contributed by atoms with Crippen molar-refractivity contribution in [2.24, 2.45) is 5.92 Å². The molecule has 0 unspecified atom stereocenters. The summed E-state index contributed by atoms with van der Waals surface area (Å²) in [7, 11) is 0. The van der Waals surface area contributed by atoms with Crippen LogP contribution in [0.5, 0.6) is 0 Å². The van der Waals surface area contributed by atoms with Gasteiger partial charge in [0.05, 0.1) is 11.3 Å². The van der Waals surface area contributed by atoms with Gasteiger partial charge in [-0.3, -0.25) is 9.59 Å². The number of anilines is 1. The van der Waals surface area contributed by atoms with E-state index in [2.05, 4.69) is 15.3 Å². The van der Waals surface area contributed by atoms with Crippen molar-refractivity contribution < 1.29 is 9.59 Å². The molecule has 1 aliphatic carbocycles. The maximum atomic E-state index is 12.8. The Kier molecular flexibility index (Phi) is 6.32. The highest BCUT2D eigenvalue weighted by atomic mass is 35.5. The molecule has 0 bridgehead atoms. The zero-order chi connectivity index (χ0) is 21.1. The first-order chi connectivity index (χ1) is 14.5. The van der Waals surface area contributed by atoms with Crippen LogP contribution in [0.4, 0.5) is 5.69 Å². The van der Waals surface area contributed by atoms with Gasteiger partial charge in [0.25, 0.3) is 5.91 Å². The Hall–Kier alpha value is -2.47. The van der Waals surface area contributed by atoms with Crippen molar-refractivity contribution in [3.63, 3.8) is 0 Å². The molecule has 4 rings (SSSR count). The number of aryl methyl sites for hydroxylation is 1. The zero-order valence-corrected chi connectivity index (χ0v) is 18.0. The summed E-state index contributed by atoms with van der Waals surface area (Å²) in [4.78, 5) is 36.5. The minimum atomic E-state index is -0.248. The van der Waals surface area contributed by atoms with Crippen LogP contribution in [-0.4, -0.2) is 39.8 Å². The highest BCUT2D eigenvalue weighted by Gasteiger charge is 2.33. The number of aromatic nitrogens is 2. The van der Waals surface area contributed by atoms with Crippen molar-refractivity contribution in [3.8, 4) is 0 Å². The Labute approximate surface area is 182 Å². The molecule has 30 heavy (non-hydrogen) atoms. The maximum Gasteiger partial charge on any atom is 0.259 e. The molecule has 2 heterocycles. The van der Waals surface area contributed by atoms with Gasteiger partial charge in [0.1, 0.15) is 5.82 Å². The van der Waals surface area contributed by atoms with Gasteiger partial charge >= 0.3 is 0 Å². The highest BCUT2D eigenvalue weighted by Crippen LogP contribution is 2.30. The van der Waals surface area contributed by atoms with Gasteiger partial charge in [0.2, 0.25) is 5.91 Å². The van der Waals surface area contributed by atoms with E-state index in [0.717, 1.165) is 44.5 Å². The Bertz CT molecular complexity index is 925. The summed E-state index contributed by atoms with van der Waals surface area (Å²) >= 11 is 5.89. The van der Waals surface area contributed by atoms with Gasteiger partial charge in [-0.25, -0.2) is 9.97 Å². The fourth-order valence-electron chi connectivity index (χ4n) is 4.42. The normalized spacial score (nSPS) is 19.7. The molecular weight excluding hydrogens is 400 g/mol. The lowest BCUT2D eigenvalue weighted by atomic mass is 9.88. The summed E-state index contributed by atoms with van der Waals surface area (Å²) in [6, 6.07) is 6.95. The van der Waals surface area contributed by atoms with E-state index in [1.54, 1.807) is 30.5 Å². The molecule has 1 aromatic carbocycles. The average molecular weight is 427 g/mol. The van der Waals surface area contributed by atoms with E-state index in [-0.39, 0.29) is 17.7 Å². The summed E-state index contributed by atoms with van der Waals surface area (Å²) in [6.07, 6.45) is 8.07. The zero-order valence-electron chi connectivity index (χ0n) is 17.2. The molecular formula is C23H27ClN4O2. The van der Waals surface area contributed by atoms with Gasteiger partial charge in [-0.15, -0.1) is 0 Å². The molecule has 2 aromatic rings. The van der Waals surface area contributed by atoms with Crippen molar-refractivity contribution >= 4 is 29.1 Å². The molecule has 1 aliphatic heterocycles. The number of halogens is 1. The predicted octanol–water partition coefficient (Wildman–Crippen LogP) is 4.59. The van der Waals surface area contributed by atoms with E-state index >= 15 is 0 Å². The molecule has 2 aliphatic rings. The lowest BCUT2D eigenvalue weighted by Crippen LogP contribution is -2.35. The maximum absolute atomic E-state index is 12.8. The fourth-order valence-corrected chi connectivity index (χ4v) is 4.54. The predicted molar refractivity (Wildman–Crippen MR) is 117 cm³/mol. The second-order valence-corrected chi connectivity index (χ2v) is 8.73. The first-order valence-electron chi connectivity index (χ1n) is 10.7. The summed E-state index contributed by atoms with van der Waals surface area (Å²) in [5.41, 5.74) is 1.76. The number of likely N-dealkylation sites (tertiary alicyclic amines) is 1. The minimum Gasteiger partial charge on any atom is -0.342 e. The van der Waals surface area contributed by atoms with Crippen molar-refractivity contribution in [2.75, 3.05) is 18.4 Å². The Morgan fingerprint density at radius 2 is 1.83 bits per heavy atom. The van der Waals surface area contributed by atoms with Crippen molar-refractivity contribution in [1.82, 2.24) is 14.9 Å². The monoisotopic (exact) mass is 426 g/mol. The minimum absolute atomic E-state index is 0.129. The van der Waals surface area contributed by atoms with Crippen LogP contribution in [0.2, 0.25) is 5.02 Å². The molecule has 7 heteroatoms. The quantitative estimate of drug-likeness (QED) is 0.775. The first-order valence-corrected chi connectivity index (χ1v) is 11.1. The lowest BCUT2D eigenvalue weighted by Gasteiger charge is -2.26. The third kappa shape index (κ3) is 4.64. The van der Waals surface area contributed by atoms with E-state index < -0.39 is 0 Å². The van der Waals surface area contributed by atoms with Gasteiger partial charge in [-0.05, 0) is 50.5 Å². The van der Waals surface area contributed by atoms with Crippen LogP contribution in [0.3, 0.4) is 0 Å². The highest BCUT2D eigenvalue weighted by molar-refractivity contribution is 6.30. The van der Waals surface area contributed by atoms with Crippen LogP contribution in [-0.2, 0) is 4.79 Å². The first kappa shape index (κ1) is 20.8. The topological polar surface area (TPSA) is 75.2 Å². The molecule has 2 fully saturated rings. The molecule has 158 valence electrons. The van der Waals surface area contributed by atoms with Crippen molar-refractivity contribution in [1.29, 1.82) is 0 Å². The molecule has 1 atom stereocenters. The second-order valence-electron chi connectivity index (χ2n) is 8.29. The standard InChI is InChI=1S/C23H27ClN4O2/c1-15-20(22(29)27-19-9-7-18(24)8-10-19)13-25-21(26-15)17-11-12-28(14-17)23(30)16-5-3-2-4-6-16/h7-10,13,16-17H,2-6,11-12,14H2,1H3,(H,27,29)/t17-/m0/s1. The van der Waals surface area contributed by atoms with Crippen LogP contribution < -0.4 is 5.32 Å². The molecule has 1 saturated carbocycles. The van der Waals surface area contributed by atoms with Gasteiger partial charge in [-0.2, -0.15) is 0 Å². The Balaban J connectivity index is 1.40. The number of rotatable bonds is 4. The molecule has 1 saturated heterocycles. The molecule has 6 nitrogen and oxygen atoms in total. The van der Waals surface area contributed by atoms with E-state index in [0.29, 0.717) is 34.4 Å². The van der Waals surface area contributed by atoms with Crippen molar-refractivity contribution in [2.45, 2.75) is 51.4 Å². The number of hydrogen-bond acceptors (Lipinski definition) is 4. The number of nitrogens with one attached hydrogen (secondary N) is 1. The average Bonchev–Trinajstić information content (AvgIpc) is 3.25.